The minimum absolute atomic E-state index is 0.741. The Balaban J connectivity index is 1.16. The molecule has 0 amide bonds. The molecule has 57 heavy (non-hydrogen) atoms. The number of nitrogens with zero attached hydrogens (tertiary/aromatic N) is 2. The Morgan fingerprint density at radius 2 is 1.21 bits per heavy atom. The molecule has 0 radical (unpaired) electrons. The zero-order valence-electron chi connectivity index (χ0n) is 30.6. The van der Waals surface area contributed by atoms with Gasteiger partial charge in [-0.25, -0.2) is 0 Å². The molecule has 0 fully saturated rings. The molecule has 0 unspecified atom stereocenters. The highest BCUT2D eigenvalue weighted by Crippen LogP contribution is 2.52. The van der Waals surface area contributed by atoms with E-state index >= 15 is 0 Å². The molecule has 12 rings (SSSR count). The maximum Gasteiger partial charge on any atom is 0.160 e. The fourth-order valence-electron chi connectivity index (χ4n) is 8.78. The highest BCUT2D eigenvalue weighted by molar-refractivity contribution is 7.25. The first-order valence-electron chi connectivity index (χ1n) is 19.1. The summed E-state index contributed by atoms with van der Waals surface area (Å²) >= 11 is 1.82. The summed E-state index contributed by atoms with van der Waals surface area (Å²) in [5, 5.41) is 6.88. The van der Waals surface area contributed by atoms with E-state index in [2.05, 4.69) is 162 Å². The lowest BCUT2D eigenvalue weighted by Crippen LogP contribution is -2.12. The summed E-state index contributed by atoms with van der Waals surface area (Å²) in [6.07, 6.45) is 2.04. The Hall–Kier alpha value is -7.34. The predicted octanol–water partition coefficient (Wildman–Crippen LogP) is 15.0. The van der Waals surface area contributed by atoms with Gasteiger partial charge < -0.3 is 18.6 Å². The summed E-state index contributed by atoms with van der Waals surface area (Å²) in [5.74, 6) is 1.50. The lowest BCUT2D eigenvalue weighted by Gasteiger charge is -2.28. The van der Waals surface area contributed by atoms with E-state index in [1.165, 1.54) is 25.6 Å². The molecule has 4 heterocycles. The Labute approximate surface area is 332 Å². The number of fused-ring (bicyclic) bond motifs is 11. The molecule has 0 bridgehead atoms. The minimum Gasteiger partial charge on any atom is -0.456 e. The maximum absolute atomic E-state index is 6.93. The van der Waals surface area contributed by atoms with Crippen LogP contribution in [-0.2, 0) is 0 Å². The van der Waals surface area contributed by atoms with Gasteiger partial charge in [-0.15, -0.1) is 11.3 Å². The number of benzene rings is 8. The van der Waals surface area contributed by atoms with Crippen molar-refractivity contribution in [1.29, 1.82) is 0 Å². The van der Waals surface area contributed by atoms with E-state index in [0.29, 0.717) is 0 Å². The average molecular weight is 749 g/mol. The van der Waals surface area contributed by atoms with Crippen molar-refractivity contribution >= 4 is 104 Å². The van der Waals surface area contributed by atoms with E-state index in [1.54, 1.807) is 0 Å². The van der Waals surface area contributed by atoms with E-state index in [-0.39, 0.29) is 0 Å². The second kappa shape index (κ2) is 12.3. The molecule has 1 aliphatic rings. The molecule has 4 nitrogen and oxygen atoms in total. The van der Waals surface area contributed by atoms with Crippen LogP contribution in [0.2, 0.25) is 0 Å². The number of para-hydroxylation sites is 3. The van der Waals surface area contributed by atoms with E-state index in [9.17, 15) is 0 Å². The summed E-state index contributed by atoms with van der Waals surface area (Å²) < 4.78 is 18.7. The molecule has 3 aromatic heterocycles. The van der Waals surface area contributed by atoms with Gasteiger partial charge in [0.05, 0.1) is 16.7 Å². The van der Waals surface area contributed by atoms with E-state index in [1.807, 2.05) is 47.7 Å². The Morgan fingerprint density at radius 3 is 2.07 bits per heavy atom. The molecule has 0 saturated carbocycles. The van der Waals surface area contributed by atoms with Crippen LogP contribution in [0.4, 0.5) is 17.1 Å². The molecule has 268 valence electrons. The smallest absolute Gasteiger partial charge is 0.160 e. The molecule has 0 N–H and O–H groups in total. The zero-order chi connectivity index (χ0) is 37.6. The number of rotatable bonds is 5. The van der Waals surface area contributed by atoms with Gasteiger partial charge >= 0.3 is 0 Å². The second-order valence-electron chi connectivity index (χ2n) is 14.6. The molecule has 0 aliphatic carbocycles. The van der Waals surface area contributed by atoms with E-state index < -0.39 is 0 Å². The predicted molar refractivity (Wildman–Crippen MR) is 240 cm³/mol. The van der Waals surface area contributed by atoms with Gasteiger partial charge in [-0.2, -0.15) is 0 Å². The van der Waals surface area contributed by atoms with Crippen molar-refractivity contribution in [2.45, 2.75) is 0 Å². The number of furan rings is 1. The maximum atomic E-state index is 6.93. The number of hydrogen-bond donors (Lipinski definition) is 0. The topological polar surface area (TPSA) is 30.5 Å². The summed E-state index contributed by atoms with van der Waals surface area (Å²) in [4.78, 5) is 2.34. The molecule has 1 aliphatic heterocycles. The average Bonchev–Trinajstić information content (AvgIpc) is 3.94. The first-order chi connectivity index (χ1) is 28.2. The van der Waals surface area contributed by atoms with Crippen molar-refractivity contribution < 1.29 is 9.15 Å². The first-order valence-corrected chi connectivity index (χ1v) is 19.9. The van der Waals surface area contributed by atoms with Crippen LogP contribution in [-0.4, -0.2) is 4.57 Å². The summed E-state index contributed by atoms with van der Waals surface area (Å²) in [6.45, 7) is 4.59. The van der Waals surface area contributed by atoms with Crippen LogP contribution in [0.1, 0.15) is 11.1 Å². The van der Waals surface area contributed by atoms with Gasteiger partial charge in [0, 0.05) is 76.0 Å². The van der Waals surface area contributed by atoms with Gasteiger partial charge in [0.2, 0.25) is 0 Å². The number of hydrogen-bond acceptors (Lipinski definition) is 4. The standard InChI is InChI=1S/C52H32N2O2S/c1-32-28-46(33-14-4-2-5-15-33)55-47-31-44(52-51(50(32)47)40-20-9-12-22-45(40)56-52)53(36-24-26-39-38-19-10-13-23-48(38)57-49(39)30-36)35-25-27-43-41(29-35)37-18-8-11-21-42(37)54(43)34-16-6-3-7-17-34/h2-31H,1H2. The lowest BCUT2D eigenvalue weighted by atomic mass is 9.94. The molecule has 8 aromatic carbocycles. The molecule has 0 saturated heterocycles. The van der Waals surface area contributed by atoms with E-state index in [4.69, 9.17) is 9.15 Å². The van der Waals surface area contributed by atoms with Crippen molar-refractivity contribution in [2.75, 3.05) is 4.90 Å². The third-order valence-electron chi connectivity index (χ3n) is 11.3. The number of ether oxygens (including phenoxy) is 1. The molecular formula is C52H32N2O2S. The van der Waals surface area contributed by atoms with Crippen molar-refractivity contribution in [2.24, 2.45) is 0 Å². The summed E-state index contributed by atoms with van der Waals surface area (Å²) in [6, 6.07) is 62.2. The van der Waals surface area contributed by atoms with Crippen molar-refractivity contribution in [1.82, 2.24) is 4.57 Å². The Morgan fingerprint density at radius 1 is 0.544 bits per heavy atom. The molecule has 5 heteroatoms. The minimum atomic E-state index is 0.741. The van der Waals surface area contributed by atoms with Crippen LogP contribution in [0.3, 0.4) is 0 Å². The van der Waals surface area contributed by atoms with Gasteiger partial charge in [0.25, 0.3) is 0 Å². The van der Waals surface area contributed by atoms with Gasteiger partial charge in [0.15, 0.2) is 5.58 Å². The Kier molecular flexibility index (Phi) is 6.92. The number of allylic oxidation sites excluding steroid dienone is 2. The van der Waals surface area contributed by atoms with Crippen molar-refractivity contribution in [3.05, 3.63) is 200 Å². The van der Waals surface area contributed by atoms with Gasteiger partial charge in [-0.3, -0.25) is 0 Å². The van der Waals surface area contributed by atoms with Crippen molar-refractivity contribution in [3.63, 3.8) is 0 Å². The largest absolute Gasteiger partial charge is 0.456 e. The molecule has 11 aromatic rings. The Bertz CT molecular complexity index is 3460. The summed E-state index contributed by atoms with van der Waals surface area (Å²) in [7, 11) is 0. The van der Waals surface area contributed by atoms with E-state index in [0.717, 1.165) is 89.3 Å². The summed E-state index contributed by atoms with van der Waals surface area (Å²) in [5.41, 5.74) is 10.8. The third-order valence-corrected chi connectivity index (χ3v) is 12.4. The first kappa shape index (κ1) is 32.0. The number of thiophene rings is 1. The van der Waals surface area contributed by atoms with Crippen LogP contribution < -0.4 is 9.64 Å². The van der Waals surface area contributed by atoms with Gasteiger partial charge in [-0.05, 0) is 72.3 Å². The number of aromatic nitrogens is 1. The van der Waals surface area contributed by atoms with Gasteiger partial charge in [0.1, 0.15) is 17.1 Å². The van der Waals surface area contributed by atoms with Crippen LogP contribution in [0.5, 0.6) is 5.75 Å². The third kappa shape index (κ3) is 4.86. The van der Waals surface area contributed by atoms with Crippen LogP contribution in [0.25, 0.3) is 80.9 Å². The molecule has 0 spiro atoms. The monoisotopic (exact) mass is 748 g/mol. The SMILES string of the molecule is C=C1C=C(c2ccccc2)Oc2cc(N(c3ccc4c(c3)sc3ccccc34)c3ccc4c(c3)c3ccccc3n4-c3ccccc3)c3oc4ccccc4c3c21. The highest BCUT2D eigenvalue weighted by Gasteiger charge is 2.29. The molecule has 0 atom stereocenters. The lowest BCUT2D eigenvalue weighted by molar-refractivity contribution is 0.510. The van der Waals surface area contributed by atoms with Crippen LogP contribution in [0.15, 0.2) is 193 Å². The zero-order valence-corrected chi connectivity index (χ0v) is 31.5. The quantitative estimate of drug-likeness (QED) is 0.176. The van der Waals surface area contributed by atoms with Crippen LogP contribution in [0, 0.1) is 0 Å². The van der Waals surface area contributed by atoms with Gasteiger partial charge in [-0.1, -0.05) is 116 Å². The fourth-order valence-corrected chi connectivity index (χ4v) is 9.92. The highest BCUT2D eigenvalue weighted by atomic mass is 32.1. The molecular weight excluding hydrogens is 717 g/mol. The fraction of sp³-hybridized carbons (Fsp3) is 0. The normalized spacial score (nSPS) is 12.8. The number of anilines is 3. The second-order valence-corrected chi connectivity index (χ2v) is 15.7. The van der Waals surface area contributed by atoms with Crippen molar-refractivity contribution in [3.8, 4) is 11.4 Å². The van der Waals surface area contributed by atoms with Crippen LogP contribution >= 0.6 is 11.3 Å².